The van der Waals surface area contributed by atoms with Crippen molar-refractivity contribution < 1.29 is 0 Å². The number of rotatable bonds is 2. The van der Waals surface area contributed by atoms with Crippen LogP contribution in [0.5, 0.6) is 0 Å². The van der Waals surface area contributed by atoms with Gasteiger partial charge in [0.05, 0.1) is 0 Å². The van der Waals surface area contributed by atoms with Crippen LogP contribution in [0.15, 0.2) is 0 Å². The molecule has 50 valence electrons. The molecule has 2 N–H and O–H groups in total. The number of hydrogen-bond acceptors (Lipinski definition) is 2. The van der Waals surface area contributed by atoms with Crippen LogP contribution >= 0.6 is 12.2 Å². The van der Waals surface area contributed by atoms with Gasteiger partial charge in [0.2, 0.25) is 4.77 Å². The Morgan fingerprint density at radius 3 is 2.78 bits per heavy atom. The SMILES string of the molecule is CCCc1nc(=S)[nH][nH]1. The van der Waals surface area contributed by atoms with Crippen LogP contribution in [0, 0.1) is 4.77 Å². The monoisotopic (exact) mass is 143 g/mol. The Labute approximate surface area is 58.5 Å². The van der Waals surface area contributed by atoms with Crippen molar-refractivity contribution in [3.63, 3.8) is 0 Å². The van der Waals surface area contributed by atoms with E-state index in [-0.39, 0.29) is 0 Å². The number of nitrogens with one attached hydrogen (secondary N) is 2. The van der Waals surface area contributed by atoms with E-state index in [2.05, 4.69) is 22.1 Å². The van der Waals surface area contributed by atoms with Gasteiger partial charge >= 0.3 is 0 Å². The van der Waals surface area contributed by atoms with Crippen LogP contribution < -0.4 is 0 Å². The summed E-state index contributed by atoms with van der Waals surface area (Å²) in [5, 5.41) is 5.60. The number of hydrogen-bond donors (Lipinski definition) is 2. The Morgan fingerprint density at radius 1 is 1.56 bits per heavy atom. The minimum absolute atomic E-state index is 0.540. The highest BCUT2D eigenvalue weighted by Crippen LogP contribution is 1.91. The summed E-state index contributed by atoms with van der Waals surface area (Å²) in [5.74, 6) is 0.947. The zero-order chi connectivity index (χ0) is 6.69. The Balaban J connectivity index is 2.73. The molecule has 0 aliphatic heterocycles. The van der Waals surface area contributed by atoms with Gasteiger partial charge in [-0.2, -0.15) is 0 Å². The second-order valence-electron chi connectivity index (χ2n) is 1.86. The lowest BCUT2D eigenvalue weighted by Crippen LogP contribution is -1.84. The maximum absolute atomic E-state index is 4.75. The Bertz CT molecular complexity index is 224. The van der Waals surface area contributed by atoms with E-state index >= 15 is 0 Å². The molecule has 0 aliphatic rings. The normalized spacial score (nSPS) is 9.89. The van der Waals surface area contributed by atoms with Crippen molar-refractivity contribution in [3.8, 4) is 0 Å². The second-order valence-corrected chi connectivity index (χ2v) is 2.25. The van der Waals surface area contributed by atoms with Gasteiger partial charge in [-0.3, -0.25) is 10.2 Å². The smallest absolute Gasteiger partial charge is 0.213 e. The highest BCUT2D eigenvalue weighted by molar-refractivity contribution is 7.71. The molecule has 9 heavy (non-hydrogen) atoms. The van der Waals surface area contributed by atoms with Crippen LogP contribution in [-0.2, 0) is 6.42 Å². The lowest BCUT2D eigenvalue weighted by atomic mass is 10.3. The molecule has 1 rings (SSSR count). The molecule has 0 aromatic carbocycles. The first kappa shape index (κ1) is 6.48. The summed E-state index contributed by atoms with van der Waals surface area (Å²) in [5.41, 5.74) is 0. The molecule has 0 saturated carbocycles. The number of aromatic amines is 2. The summed E-state index contributed by atoms with van der Waals surface area (Å²) >= 11 is 4.75. The molecule has 1 heterocycles. The van der Waals surface area contributed by atoms with E-state index in [0.717, 1.165) is 18.7 Å². The minimum atomic E-state index is 0.540. The van der Waals surface area contributed by atoms with Crippen molar-refractivity contribution in [1.29, 1.82) is 0 Å². The summed E-state index contributed by atoms with van der Waals surface area (Å²) in [6.07, 6.45) is 2.06. The van der Waals surface area contributed by atoms with Crippen LogP contribution in [0.2, 0.25) is 0 Å². The van der Waals surface area contributed by atoms with Gasteiger partial charge in [0.15, 0.2) is 0 Å². The van der Waals surface area contributed by atoms with Gasteiger partial charge in [0.1, 0.15) is 5.82 Å². The van der Waals surface area contributed by atoms with Gasteiger partial charge in [-0.05, 0) is 18.6 Å². The van der Waals surface area contributed by atoms with Crippen molar-refractivity contribution in [2.24, 2.45) is 0 Å². The number of aromatic nitrogens is 3. The highest BCUT2D eigenvalue weighted by Gasteiger charge is 1.90. The average molecular weight is 143 g/mol. The Morgan fingerprint density at radius 2 is 2.33 bits per heavy atom. The fraction of sp³-hybridized carbons (Fsp3) is 0.600. The molecule has 0 bridgehead atoms. The zero-order valence-corrected chi connectivity index (χ0v) is 6.09. The van der Waals surface area contributed by atoms with Gasteiger partial charge in [-0.25, -0.2) is 4.98 Å². The zero-order valence-electron chi connectivity index (χ0n) is 5.27. The van der Waals surface area contributed by atoms with Crippen LogP contribution in [0.4, 0.5) is 0 Å². The number of nitrogens with zero attached hydrogens (tertiary/aromatic N) is 1. The molecule has 0 aliphatic carbocycles. The van der Waals surface area contributed by atoms with Crippen LogP contribution in [0.3, 0.4) is 0 Å². The molecule has 0 radical (unpaired) electrons. The fourth-order valence-electron chi connectivity index (χ4n) is 0.659. The molecule has 0 unspecified atom stereocenters. The van der Waals surface area contributed by atoms with Crippen molar-refractivity contribution in [3.05, 3.63) is 10.6 Å². The molecule has 1 aromatic rings. The summed E-state index contributed by atoms with van der Waals surface area (Å²) in [7, 11) is 0. The first-order valence-corrected chi connectivity index (χ1v) is 3.37. The van der Waals surface area contributed by atoms with Crippen molar-refractivity contribution >= 4 is 12.2 Å². The number of H-pyrrole nitrogens is 2. The molecule has 1 aromatic heterocycles. The Kier molecular flexibility index (Phi) is 2.00. The van der Waals surface area contributed by atoms with Crippen molar-refractivity contribution in [2.75, 3.05) is 0 Å². The van der Waals surface area contributed by atoms with E-state index in [0.29, 0.717) is 4.77 Å². The maximum Gasteiger partial charge on any atom is 0.213 e. The molecule has 0 spiro atoms. The van der Waals surface area contributed by atoms with E-state index in [1.807, 2.05) is 0 Å². The molecule has 0 atom stereocenters. The molecular weight excluding hydrogens is 134 g/mol. The minimum Gasteiger partial charge on any atom is -0.286 e. The highest BCUT2D eigenvalue weighted by atomic mass is 32.1. The van der Waals surface area contributed by atoms with Crippen molar-refractivity contribution in [2.45, 2.75) is 19.8 Å². The van der Waals surface area contributed by atoms with Gasteiger partial charge in [0, 0.05) is 6.42 Å². The molecule has 0 amide bonds. The predicted molar refractivity (Wildman–Crippen MR) is 37.8 cm³/mol. The van der Waals surface area contributed by atoms with E-state index in [1.165, 1.54) is 0 Å². The van der Waals surface area contributed by atoms with Crippen molar-refractivity contribution in [1.82, 2.24) is 15.2 Å². The van der Waals surface area contributed by atoms with E-state index in [1.54, 1.807) is 0 Å². The van der Waals surface area contributed by atoms with Gasteiger partial charge < -0.3 is 0 Å². The van der Waals surface area contributed by atoms with Gasteiger partial charge in [-0.15, -0.1) is 0 Å². The lowest BCUT2D eigenvalue weighted by Gasteiger charge is -1.84. The van der Waals surface area contributed by atoms with E-state index < -0.39 is 0 Å². The summed E-state index contributed by atoms with van der Waals surface area (Å²) < 4.78 is 0.540. The Hall–Kier alpha value is -0.640. The number of aryl methyl sites for hydroxylation is 1. The first-order valence-electron chi connectivity index (χ1n) is 2.96. The summed E-state index contributed by atoms with van der Waals surface area (Å²) in [6, 6.07) is 0. The third kappa shape index (κ3) is 1.64. The standard InChI is InChI=1S/C5H9N3S/c1-2-3-4-6-5(9)8-7-4/h2-3H2,1H3,(H2,6,7,8,9). The quantitative estimate of drug-likeness (QED) is 0.615. The molecule has 4 heteroatoms. The molecule has 0 saturated heterocycles. The largest absolute Gasteiger partial charge is 0.286 e. The summed E-state index contributed by atoms with van der Waals surface area (Å²) in [6.45, 7) is 2.10. The van der Waals surface area contributed by atoms with E-state index in [9.17, 15) is 0 Å². The van der Waals surface area contributed by atoms with Crippen LogP contribution in [0.25, 0.3) is 0 Å². The molecule has 3 nitrogen and oxygen atoms in total. The lowest BCUT2D eigenvalue weighted by molar-refractivity contribution is 0.841. The van der Waals surface area contributed by atoms with Crippen LogP contribution in [0.1, 0.15) is 19.2 Å². The average Bonchev–Trinajstić information content (AvgIpc) is 2.17. The predicted octanol–water partition coefficient (Wildman–Crippen LogP) is 1.42. The third-order valence-corrected chi connectivity index (χ3v) is 1.23. The second kappa shape index (κ2) is 2.77. The van der Waals surface area contributed by atoms with Gasteiger partial charge in [-0.1, -0.05) is 6.92 Å². The topological polar surface area (TPSA) is 44.5 Å². The molecule has 0 fully saturated rings. The maximum atomic E-state index is 4.75. The third-order valence-electron chi connectivity index (χ3n) is 1.04. The summed E-state index contributed by atoms with van der Waals surface area (Å²) in [4.78, 5) is 4.00. The first-order chi connectivity index (χ1) is 4.33. The molecular formula is C5H9N3S. The van der Waals surface area contributed by atoms with Crippen LogP contribution in [-0.4, -0.2) is 15.2 Å². The fourth-order valence-corrected chi connectivity index (χ4v) is 0.821. The van der Waals surface area contributed by atoms with E-state index in [4.69, 9.17) is 12.2 Å². The van der Waals surface area contributed by atoms with Gasteiger partial charge in [0.25, 0.3) is 0 Å².